The summed E-state index contributed by atoms with van der Waals surface area (Å²) in [6, 6.07) is 5.38. The first-order valence-electron chi connectivity index (χ1n) is 7.16. The van der Waals surface area contributed by atoms with Gasteiger partial charge in [-0.25, -0.2) is 4.79 Å². The molecule has 2 N–H and O–H groups in total. The Balaban J connectivity index is 2.08. The number of nitriles is 3. The maximum atomic E-state index is 11.9. The van der Waals surface area contributed by atoms with Gasteiger partial charge < -0.3 is 14.9 Å². The molecule has 134 valence electrons. The number of phenols is 2. The lowest BCUT2D eigenvalue weighted by Gasteiger charge is -2.08. The lowest BCUT2D eigenvalue weighted by Crippen LogP contribution is -2.07. The summed E-state index contributed by atoms with van der Waals surface area (Å²) >= 11 is 4.03. The average molecular weight is 434 g/mol. The van der Waals surface area contributed by atoms with E-state index in [1.54, 1.807) is 25.1 Å². The van der Waals surface area contributed by atoms with Crippen LogP contribution in [0.1, 0.15) is 6.92 Å². The predicted molar refractivity (Wildman–Crippen MR) is 101 cm³/mol. The maximum Gasteiger partial charge on any atom is 0.350 e. The van der Waals surface area contributed by atoms with E-state index in [0.717, 1.165) is 47.0 Å². The first kappa shape index (κ1) is 19.4. The number of hydrogen-bond acceptors (Lipinski definition) is 11. The highest BCUT2D eigenvalue weighted by molar-refractivity contribution is 8.26. The Hall–Kier alpha value is -2.36. The van der Waals surface area contributed by atoms with E-state index >= 15 is 0 Å². The van der Waals surface area contributed by atoms with Crippen molar-refractivity contribution in [2.45, 2.75) is 26.5 Å². The van der Waals surface area contributed by atoms with E-state index in [-0.39, 0.29) is 29.3 Å². The molecule has 0 fully saturated rings. The van der Waals surface area contributed by atoms with Crippen molar-refractivity contribution >= 4 is 53.0 Å². The maximum absolute atomic E-state index is 11.9. The fourth-order valence-electron chi connectivity index (χ4n) is 2.13. The quantitative estimate of drug-likeness (QED) is 0.302. The molecular formula is C16H7N3O4S4. The van der Waals surface area contributed by atoms with Crippen molar-refractivity contribution in [3.05, 3.63) is 19.6 Å². The monoisotopic (exact) mass is 433 g/mol. The summed E-state index contributed by atoms with van der Waals surface area (Å²) in [5.41, 5.74) is -0.297. The van der Waals surface area contributed by atoms with Gasteiger partial charge in [0.2, 0.25) is 0 Å². The van der Waals surface area contributed by atoms with Crippen LogP contribution >= 0.6 is 47.0 Å². The number of phenolic OH excluding ortho intramolecular Hbond substituents is 2. The molecule has 11 heteroatoms. The third kappa shape index (κ3) is 3.22. The Labute approximate surface area is 170 Å². The molecule has 0 unspecified atom stereocenters. The minimum absolute atomic E-state index is 0.102. The second kappa shape index (κ2) is 7.71. The fraction of sp³-hybridized carbons (Fsp3) is 0.125. The van der Waals surface area contributed by atoms with Crippen molar-refractivity contribution in [1.29, 1.82) is 15.8 Å². The molecule has 0 atom stereocenters. The second-order valence-electron chi connectivity index (χ2n) is 4.80. The van der Waals surface area contributed by atoms with E-state index in [4.69, 9.17) is 15.3 Å². The Morgan fingerprint density at radius 1 is 0.889 bits per heavy atom. The number of esters is 1. The van der Waals surface area contributed by atoms with Crippen molar-refractivity contribution in [2.75, 3.05) is 6.61 Å². The number of hydrogen-bond donors (Lipinski definition) is 2. The molecule has 0 spiro atoms. The topological polar surface area (TPSA) is 138 Å². The number of benzene rings is 1. The molecule has 0 bridgehead atoms. The molecule has 2 heterocycles. The Morgan fingerprint density at radius 3 is 1.70 bits per heavy atom. The summed E-state index contributed by atoms with van der Waals surface area (Å²) in [5, 5.41) is 48.6. The summed E-state index contributed by atoms with van der Waals surface area (Å²) < 4.78 is 5.55. The lowest BCUT2D eigenvalue weighted by molar-refractivity contribution is -0.138. The third-order valence-electron chi connectivity index (χ3n) is 3.28. The molecule has 0 aliphatic carbocycles. The zero-order chi connectivity index (χ0) is 19.7. The average Bonchev–Trinajstić information content (AvgIpc) is 3.27. The van der Waals surface area contributed by atoms with E-state index in [0.29, 0.717) is 28.1 Å². The van der Waals surface area contributed by atoms with Gasteiger partial charge in [0.15, 0.2) is 5.57 Å². The Morgan fingerprint density at radius 2 is 1.33 bits per heavy atom. The molecule has 7 nitrogen and oxygen atoms in total. The van der Waals surface area contributed by atoms with Crippen molar-refractivity contribution in [2.24, 2.45) is 0 Å². The molecule has 0 amide bonds. The number of allylic oxidation sites excluding steroid dienone is 1. The van der Waals surface area contributed by atoms with E-state index in [2.05, 4.69) is 0 Å². The summed E-state index contributed by atoms with van der Waals surface area (Å²) in [7, 11) is 0. The SMILES string of the molecule is CCOC(=O)C(C#N)=C1Sc2c(O)c3c(c(O)c2S1)SC(=C(C#N)C#N)S3. The van der Waals surface area contributed by atoms with Crippen molar-refractivity contribution < 1.29 is 19.7 Å². The minimum atomic E-state index is -0.768. The number of fused-ring (bicyclic) bond motifs is 2. The number of nitrogens with zero attached hydrogens (tertiary/aromatic N) is 3. The largest absolute Gasteiger partial charge is 0.505 e. The van der Waals surface area contributed by atoms with Gasteiger partial charge in [-0.1, -0.05) is 47.0 Å². The lowest BCUT2D eigenvalue weighted by atomic mass is 10.3. The molecule has 0 saturated heterocycles. The van der Waals surface area contributed by atoms with E-state index in [1.165, 1.54) is 0 Å². The summed E-state index contributed by atoms with van der Waals surface area (Å²) in [6.45, 7) is 1.74. The highest BCUT2D eigenvalue weighted by Gasteiger charge is 2.37. The van der Waals surface area contributed by atoms with Gasteiger partial charge in [-0.3, -0.25) is 0 Å². The number of carbonyl (C=O) groups is 1. The van der Waals surface area contributed by atoms with Gasteiger partial charge in [0, 0.05) is 0 Å². The molecule has 3 rings (SSSR count). The van der Waals surface area contributed by atoms with Crippen LogP contribution in [-0.2, 0) is 9.53 Å². The van der Waals surface area contributed by atoms with Crippen LogP contribution in [-0.4, -0.2) is 22.8 Å². The normalized spacial score (nSPS) is 13.9. The van der Waals surface area contributed by atoms with Gasteiger partial charge in [0.25, 0.3) is 0 Å². The van der Waals surface area contributed by atoms with Crippen LogP contribution in [0.15, 0.2) is 39.2 Å². The summed E-state index contributed by atoms with van der Waals surface area (Å²) in [6.07, 6.45) is 0. The molecule has 27 heavy (non-hydrogen) atoms. The van der Waals surface area contributed by atoms with Gasteiger partial charge >= 0.3 is 5.97 Å². The van der Waals surface area contributed by atoms with Gasteiger partial charge in [0.1, 0.15) is 35.3 Å². The van der Waals surface area contributed by atoms with Crippen molar-refractivity contribution in [1.82, 2.24) is 0 Å². The summed E-state index contributed by atoms with van der Waals surface area (Å²) in [4.78, 5) is 13.2. The molecule has 1 aromatic rings. The highest BCUT2D eigenvalue weighted by Crippen LogP contribution is 2.67. The van der Waals surface area contributed by atoms with Crippen LogP contribution in [0.3, 0.4) is 0 Å². The van der Waals surface area contributed by atoms with Gasteiger partial charge in [-0.05, 0) is 6.92 Å². The van der Waals surface area contributed by atoms with E-state index < -0.39 is 5.97 Å². The number of aromatic hydroxyl groups is 2. The van der Waals surface area contributed by atoms with Crippen LogP contribution in [0.2, 0.25) is 0 Å². The minimum Gasteiger partial charge on any atom is -0.505 e. The highest BCUT2D eigenvalue weighted by atomic mass is 32.2. The van der Waals surface area contributed by atoms with Crippen LogP contribution in [0, 0.1) is 34.0 Å². The van der Waals surface area contributed by atoms with Crippen LogP contribution < -0.4 is 0 Å². The molecule has 0 radical (unpaired) electrons. The van der Waals surface area contributed by atoms with Gasteiger partial charge in [-0.2, -0.15) is 15.8 Å². The zero-order valence-electron chi connectivity index (χ0n) is 13.4. The zero-order valence-corrected chi connectivity index (χ0v) is 16.7. The molecule has 0 saturated carbocycles. The molecule has 0 aromatic heterocycles. The number of ether oxygens (including phenoxy) is 1. The Kier molecular flexibility index (Phi) is 5.54. The first-order chi connectivity index (χ1) is 13.0. The van der Waals surface area contributed by atoms with Gasteiger partial charge in [-0.15, -0.1) is 0 Å². The Bertz CT molecular complexity index is 1010. The molecule has 2 aliphatic heterocycles. The number of rotatable bonds is 2. The second-order valence-corrected chi connectivity index (χ2v) is 9.40. The predicted octanol–water partition coefficient (Wildman–Crippen LogP) is 4.05. The number of thioether (sulfide) groups is 4. The fourth-order valence-corrected chi connectivity index (χ4v) is 7.23. The van der Waals surface area contributed by atoms with Gasteiger partial charge in [0.05, 0.1) is 34.7 Å². The molecular weight excluding hydrogens is 426 g/mol. The standard InChI is InChI=1S/C16H7N3O4S4/c1-2-23-14(22)7(5-19)16-26-12-8(20)10-11(9(21)13(12)27-16)25-15(24-10)6(3-17)4-18/h20-21H,2H2,1H3. The third-order valence-corrected chi connectivity index (χ3v) is 8.50. The van der Waals surface area contributed by atoms with Crippen LogP contribution in [0.5, 0.6) is 11.5 Å². The van der Waals surface area contributed by atoms with E-state index in [1.807, 2.05) is 0 Å². The first-order valence-corrected chi connectivity index (χ1v) is 10.4. The van der Waals surface area contributed by atoms with E-state index in [9.17, 15) is 20.3 Å². The van der Waals surface area contributed by atoms with Crippen LogP contribution in [0.4, 0.5) is 0 Å². The number of carbonyl (C=O) groups excluding carboxylic acids is 1. The van der Waals surface area contributed by atoms with Crippen molar-refractivity contribution in [3.63, 3.8) is 0 Å². The summed E-state index contributed by atoms with van der Waals surface area (Å²) in [5.74, 6) is -1.03. The van der Waals surface area contributed by atoms with Crippen LogP contribution in [0.25, 0.3) is 0 Å². The smallest absolute Gasteiger partial charge is 0.350 e. The molecule has 1 aromatic carbocycles. The van der Waals surface area contributed by atoms with Crippen molar-refractivity contribution in [3.8, 4) is 29.7 Å². The molecule has 2 aliphatic rings.